The molecule has 0 amide bonds. The Morgan fingerprint density at radius 2 is 1.65 bits per heavy atom. The number of nitrogens with one attached hydrogen (secondary N) is 2. The van der Waals surface area contributed by atoms with Crippen LogP contribution in [0.1, 0.15) is 18.1 Å². The van der Waals surface area contributed by atoms with Crippen molar-refractivity contribution in [2.75, 3.05) is 16.6 Å². The number of para-hydroxylation sites is 1. The van der Waals surface area contributed by atoms with E-state index in [1.807, 2.05) is 26.8 Å². The SMILES string of the molecule is CCNc1c(NS(=O)(=O)c2cc(C)cc(C)c2)c(=O)oc2ccccc12. The summed E-state index contributed by atoms with van der Waals surface area (Å²) >= 11 is 0. The highest BCUT2D eigenvalue weighted by atomic mass is 32.2. The predicted octanol–water partition coefficient (Wildman–Crippen LogP) is 3.64. The van der Waals surface area contributed by atoms with Gasteiger partial charge in [-0.2, -0.15) is 0 Å². The minimum Gasteiger partial charge on any atom is -0.421 e. The highest BCUT2D eigenvalue weighted by molar-refractivity contribution is 7.92. The van der Waals surface area contributed by atoms with E-state index in [4.69, 9.17) is 4.42 Å². The molecule has 0 aliphatic rings. The topological polar surface area (TPSA) is 88.4 Å². The Hall–Kier alpha value is -2.80. The zero-order valence-electron chi connectivity index (χ0n) is 14.8. The molecule has 136 valence electrons. The molecule has 7 heteroatoms. The molecule has 0 saturated heterocycles. The monoisotopic (exact) mass is 372 g/mol. The van der Waals surface area contributed by atoms with Gasteiger partial charge in [-0.1, -0.05) is 18.2 Å². The first kappa shape index (κ1) is 18.0. The Morgan fingerprint density at radius 3 is 2.31 bits per heavy atom. The zero-order valence-corrected chi connectivity index (χ0v) is 15.6. The number of aryl methyl sites for hydroxylation is 2. The molecule has 6 nitrogen and oxygen atoms in total. The molecule has 3 rings (SSSR count). The van der Waals surface area contributed by atoms with Crippen LogP contribution in [0.4, 0.5) is 11.4 Å². The van der Waals surface area contributed by atoms with Crippen LogP contribution in [0.3, 0.4) is 0 Å². The van der Waals surface area contributed by atoms with Crippen LogP contribution < -0.4 is 15.7 Å². The van der Waals surface area contributed by atoms with Crippen LogP contribution in [0, 0.1) is 13.8 Å². The van der Waals surface area contributed by atoms with E-state index < -0.39 is 15.6 Å². The van der Waals surface area contributed by atoms with Gasteiger partial charge >= 0.3 is 5.63 Å². The van der Waals surface area contributed by atoms with Gasteiger partial charge < -0.3 is 9.73 Å². The molecular formula is C19H20N2O4S. The molecule has 0 spiro atoms. The molecule has 0 aliphatic carbocycles. The van der Waals surface area contributed by atoms with Gasteiger partial charge in [-0.25, -0.2) is 13.2 Å². The summed E-state index contributed by atoms with van der Waals surface area (Å²) in [7, 11) is -3.94. The van der Waals surface area contributed by atoms with Crippen LogP contribution in [-0.4, -0.2) is 15.0 Å². The minimum absolute atomic E-state index is 0.102. The fourth-order valence-corrected chi connectivity index (χ4v) is 4.14. The van der Waals surface area contributed by atoms with Gasteiger partial charge in [-0.3, -0.25) is 4.72 Å². The third-order valence-electron chi connectivity index (χ3n) is 3.91. The van der Waals surface area contributed by atoms with E-state index in [9.17, 15) is 13.2 Å². The summed E-state index contributed by atoms with van der Waals surface area (Å²) < 4.78 is 33.4. The summed E-state index contributed by atoms with van der Waals surface area (Å²) in [5.74, 6) is 0. The van der Waals surface area contributed by atoms with Gasteiger partial charge in [-0.05, 0) is 56.2 Å². The van der Waals surface area contributed by atoms with Gasteiger partial charge in [0.25, 0.3) is 10.0 Å². The Balaban J connectivity index is 2.17. The van der Waals surface area contributed by atoms with E-state index in [0.29, 0.717) is 23.2 Å². The van der Waals surface area contributed by atoms with Gasteiger partial charge in [0.2, 0.25) is 0 Å². The average Bonchev–Trinajstić information content (AvgIpc) is 2.57. The summed E-state index contributed by atoms with van der Waals surface area (Å²) in [4.78, 5) is 12.5. The summed E-state index contributed by atoms with van der Waals surface area (Å²) in [6.07, 6.45) is 0. The van der Waals surface area contributed by atoms with Gasteiger partial charge in [-0.15, -0.1) is 0 Å². The molecule has 0 fully saturated rings. The van der Waals surface area contributed by atoms with Gasteiger partial charge in [0.05, 0.1) is 10.6 Å². The number of sulfonamides is 1. The second-order valence-electron chi connectivity index (χ2n) is 6.09. The summed E-state index contributed by atoms with van der Waals surface area (Å²) in [6.45, 7) is 6.03. The Labute approximate surface area is 151 Å². The zero-order chi connectivity index (χ0) is 18.9. The molecule has 26 heavy (non-hydrogen) atoms. The summed E-state index contributed by atoms with van der Waals surface area (Å²) in [5.41, 5.74) is 1.58. The third kappa shape index (κ3) is 3.43. The van der Waals surface area contributed by atoms with Crippen molar-refractivity contribution in [3.05, 3.63) is 64.0 Å². The van der Waals surface area contributed by atoms with E-state index >= 15 is 0 Å². The molecule has 1 heterocycles. The lowest BCUT2D eigenvalue weighted by Gasteiger charge is -2.14. The largest absolute Gasteiger partial charge is 0.421 e. The Kier molecular flexibility index (Phi) is 4.73. The van der Waals surface area contributed by atoms with Crippen molar-refractivity contribution in [3.8, 4) is 0 Å². The van der Waals surface area contributed by atoms with Crippen molar-refractivity contribution in [1.29, 1.82) is 0 Å². The normalized spacial score (nSPS) is 11.5. The average molecular weight is 372 g/mol. The number of benzene rings is 2. The molecule has 0 saturated carbocycles. The number of hydrogen-bond donors (Lipinski definition) is 2. The van der Waals surface area contributed by atoms with Gasteiger partial charge in [0, 0.05) is 11.9 Å². The molecule has 0 bridgehead atoms. The molecule has 1 aromatic heterocycles. The molecular weight excluding hydrogens is 352 g/mol. The number of rotatable bonds is 5. The molecule has 0 unspecified atom stereocenters. The highest BCUT2D eigenvalue weighted by Crippen LogP contribution is 2.30. The number of anilines is 2. The lowest BCUT2D eigenvalue weighted by Crippen LogP contribution is -2.21. The quantitative estimate of drug-likeness (QED) is 0.668. The van der Waals surface area contributed by atoms with E-state index in [-0.39, 0.29) is 10.6 Å². The van der Waals surface area contributed by atoms with E-state index in [1.165, 1.54) is 0 Å². The van der Waals surface area contributed by atoms with Crippen molar-refractivity contribution in [2.45, 2.75) is 25.7 Å². The maximum atomic E-state index is 12.8. The first-order valence-corrected chi connectivity index (χ1v) is 9.71. The maximum Gasteiger partial charge on any atom is 0.363 e. The first-order chi connectivity index (χ1) is 12.3. The number of fused-ring (bicyclic) bond motifs is 1. The summed E-state index contributed by atoms with van der Waals surface area (Å²) in [6, 6.07) is 12.0. The molecule has 0 atom stereocenters. The van der Waals surface area contributed by atoms with Crippen molar-refractivity contribution >= 4 is 32.4 Å². The first-order valence-electron chi connectivity index (χ1n) is 8.22. The van der Waals surface area contributed by atoms with Crippen molar-refractivity contribution < 1.29 is 12.8 Å². The van der Waals surface area contributed by atoms with Crippen molar-refractivity contribution in [3.63, 3.8) is 0 Å². The second kappa shape index (κ2) is 6.84. The minimum atomic E-state index is -3.94. The molecule has 3 aromatic rings. The van der Waals surface area contributed by atoms with Crippen molar-refractivity contribution in [1.82, 2.24) is 0 Å². The van der Waals surface area contributed by atoms with Crippen LogP contribution in [0.5, 0.6) is 0 Å². The lowest BCUT2D eigenvalue weighted by molar-refractivity contribution is 0.563. The fraction of sp³-hybridized carbons (Fsp3) is 0.211. The van der Waals surface area contributed by atoms with E-state index in [2.05, 4.69) is 10.0 Å². The van der Waals surface area contributed by atoms with Crippen molar-refractivity contribution in [2.24, 2.45) is 0 Å². The van der Waals surface area contributed by atoms with E-state index in [1.54, 1.807) is 36.4 Å². The molecule has 2 aromatic carbocycles. The fourth-order valence-electron chi connectivity index (χ4n) is 2.88. The predicted molar refractivity (Wildman–Crippen MR) is 103 cm³/mol. The maximum absolute atomic E-state index is 12.8. The standard InChI is InChI=1S/C19H20N2O4S/c1-4-20-17-15-7-5-6-8-16(15)25-19(22)18(17)21-26(23,24)14-10-12(2)9-13(3)11-14/h5-11,20-21H,4H2,1-3H3. The smallest absolute Gasteiger partial charge is 0.363 e. The van der Waals surface area contributed by atoms with Crippen LogP contribution in [0.25, 0.3) is 11.0 Å². The van der Waals surface area contributed by atoms with Crippen LogP contribution in [0.2, 0.25) is 0 Å². The van der Waals surface area contributed by atoms with Gasteiger partial charge in [0.1, 0.15) is 5.58 Å². The summed E-state index contributed by atoms with van der Waals surface area (Å²) in [5, 5.41) is 3.70. The van der Waals surface area contributed by atoms with E-state index in [0.717, 1.165) is 11.1 Å². The van der Waals surface area contributed by atoms with Gasteiger partial charge in [0.15, 0.2) is 5.69 Å². The highest BCUT2D eigenvalue weighted by Gasteiger charge is 2.22. The Morgan fingerprint density at radius 1 is 1.00 bits per heavy atom. The van der Waals surface area contributed by atoms with Crippen LogP contribution in [-0.2, 0) is 10.0 Å². The Bertz CT molecular complexity index is 1110. The number of hydrogen-bond acceptors (Lipinski definition) is 5. The molecule has 0 aliphatic heterocycles. The lowest BCUT2D eigenvalue weighted by atomic mass is 10.2. The molecule has 0 radical (unpaired) electrons. The molecule has 2 N–H and O–H groups in total. The third-order valence-corrected chi connectivity index (χ3v) is 5.24. The second-order valence-corrected chi connectivity index (χ2v) is 7.78. The van der Waals surface area contributed by atoms with Crippen LogP contribution >= 0.6 is 0 Å². The van der Waals surface area contributed by atoms with Crippen LogP contribution in [0.15, 0.2) is 56.6 Å².